The van der Waals surface area contributed by atoms with Gasteiger partial charge >= 0.3 is 52.4 Å². The van der Waals surface area contributed by atoms with Gasteiger partial charge in [-0.05, 0) is 128 Å². The van der Waals surface area contributed by atoms with Crippen molar-refractivity contribution in [3.63, 3.8) is 0 Å². The first-order valence-corrected chi connectivity index (χ1v) is 11.1. The quantitative estimate of drug-likeness (QED) is 0.278. The van der Waals surface area contributed by atoms with Gasteiger partial charge in [0.15, 0.2) is 0 Å². The third kappa shape index (κ3) is 33.8. The van der Waals surface area contributed by atoms with Gasteiger partial charge in [-0.2, -0.15) is 11.8 Å². The molecule has 0 bridgehead atoms. The zero-order valence-corrected chi connectivity index (χ0v) is 25.0. The molecule has 4 aliphatic rings. The largest absolute Gasteiger partial charge is 2.00 e. The van der Waals surface area contributed by atoms with Crippen LogP contribution in [0.4, 0.5) is 0 Å². The maximum Gasteiger partial charge on any atom is 2.00 e. The smallest absolute Gasteiger partial charge is 0.345 e. The molecule has 4 saturated carbocycles. The minimum Gasteiger partial charge on any atom is -0.345 e. The molecule has 0 amide bonds. The fraction of sp³-hybridized carbons (Fsp3) is 0.226. The molecule has 4 rings (SSSR count). The van der Waals surface area contributed by atoms with Crippen LogP contribution in [0.5, 0.6) is 0 Å². The Kier molecular flexibility index (Phi) is 40.2. The molecule has 4 aliphatic carbocycles. The summed E-state index contributed by atoms with van der Waals surface area (Å²) in [6.07, 6.45) is 45.5. The van der Waals surface area contributed by atoms with Gasteiger partial charge in [-0.15, -0.1) is 0 Å². The summed E-state index contributed by atoms with van der Waals surface area (Å²) in [4.78, 5) is 0. The molecule has 33 heavy (non-hydrogen) atoms. The van der Waals surface area contributed by atoms with Gasteiger partial charge in [-0.3, -0.25) is 0 Å². The SMILES string of the molecule is [CH2-]CC([CH2-])CCCC([CH2-])C[CH2-].[CH]1[CH][CH][CH][CH]1.[CH]1[CH][CH][CH][CH]1.[CH]1[CH][CH][CH][CH]1.[CH]1[CH][CH][CH][CH]1.[Zr+2].[Zr+2]. The summed E-state index contributed by atoms with van der Waals surface area (Å²) >= 11 is 0. The molecule has 2 atom stereocenters. The van der Waals surface area contributed by atoms with Gasteiger partial charge in [-0.25, -0.2) is 12.8 Å². The summed E-state index contributed by atoms with van der Waals surface area (Å²) in [7, 11) is 0. The van der Waals surface area contributed by atoms with Crippen LogP contribution in [0.3, 0.4) is 0 Å². The van der Waals surface area contributed by atoms with Crippen LogP contribution < -0.4 is 0 Å². The van der Waals surface area contributed by atoms with Crippen molar-refractivity contribution in [2.24, 2.45) is 11.8 Å². The van der Waals surface area contributed by atoms with Gasteiger partial charge in [0.05, 0.1) is 0 Å². The van der Waals surface area contributed by atoms with Crippen LogP contribution in [0.1, 0.15) is 32.1 Å². The normalized spacial score (nSPS) is 20.0. The Morgan fingerprint density at radius 1 is 0.364 bits per heavy atom. The fourth-order valence-corrected chi connectivity index (χ4v) is 2.27. The van der Waals surface area contributed by atoms with Crippen LogP contribution in [-0.2, 0) is 52.4 Å². The first-order valence-electron chi connectivity index (χ1n) is 11.1. The monoisotopic (exact) mass is 592 g/mol. The first kappa shape index (κ1) is 39.3. The Bertz CT molecular complexity index is 222. The van der Waals surface area contributed by atoms with Crippen molar-refractivity contribution >= 4 is 0 Å². The molecular weight excluding hydrogens is 555 g/mol. The molecule has 0 aromatic carbocycles. The van der Waals surface area contributed by atoms with Crippen LogP contribution >= 0.6 is 0 Å². The van der Waals surface area contributed by atoms with Gasteiger partial charge in [0.25, 0.3) is 0 Å². The standard InChI is InChI=1S/C11H20.4C5H5.2Zr/c1-5-10(3)8-7-9-11(4)6-2;4*1-2-4-5-3-1;;/h10-11H,1-9H2;4*1-5H;;/q-4;;;;;2*+2. The second-order valence-corrected chi connectivity index (χ2v) is 7.09. The van der Waals surface area contributed by atoms with E-state index in [1.807, 2.05) is 128 Å². The van der Waals surface area contributed by atoms with Crippen molar-refractivity contribution in [1.29, 1.82) is 0 Å². The molecule has 0 nitrogen and oxygen atoms in total. The number of rotatable bonds is 6. The summed E-state index contributed by atoms with van der Waals surface area (Å²) in [6.45, 7) is 15.6. The van der Waals surface area contributed by atoms with Gasteiger partial charge in [0.2, 0.25) is 0 Å². The van der Waals surface area contributed by atoms with Crippen molar-refractivity contribution in [2.45, 2.75) is 32.1 Å². The Labute approximate surface area is 250 Å². The number of hydrogen-bond acceptors (Lipinski definition) is 0. The molecule has 0 aliphatic heterocycles. The maximum absolute atomic E-state index is 3.98. The zero-order valence-electron chi connectivity index (χ0n) is 20.1. The molecule has 0 spiro atoms. The Hall–Kier alpha value is 1.77. The Balaban J connectivity index is -0.000000351. The molecule has 20 radical (unpaired) electrons. The number of hydrogen-bond donors (Lipinski definition) is 0. The molecule has 0 aromatic heterocycles. The van der Waals surface area contributed by atoms with Crippen LogP contribution in [-0.4, -0.2) is 0 Å². The zero-order chi connectivity index (χ0) is 22.8. The van der Waals surface area contributed by atoms with Crippen molar-refractivity contribution in [2.75, 3.05) is 0 Å². The third-order valence-corrected chi connectivity index (χ3v) is 4.26. The van der Waals surface area contributed by atoms with E-state index in [9.17, 15) is 0 Å². The van der Waals surface area contributed by atoms with Crippen molar-refractivity contribution in [3.8, 4) is 0 Å². The van der Waals surface area contributed by atoms with Crippen LogP contribution in [0.25, 0.3) is 0 Å². The van der Waals surface area contributed by atoms with E-state index < -0.39 is 0 Å². The third-order valence-electron chi connectivity index (χ3n) is 4.26. The molecule has 4 fully saturated rings. The Morgan fingerprint density at radius 3 is 0.636 bits per heavy atom. The summed E-state index contributed by atoms with van der Waals surface area (Å²) < 4.78 is 0. The first-order chi connectivity index (χ1) is 15.2. The van der Waals surface area contributed by atoms with Gasteiger partial charge < -0.3 is 27.7 Å². The van der Waals surface area contributed by atoms with Gasteiger partial charge in [0, 0.05) is 0 Å². The average molecular weight is 595 g/mol. The van der Waals surface area contributed by atoms with Crippen molar-refractivity contribution in [3.05, 3.63) is 156 Å². The van der Waals surface area contributed by atoms with Gasteiger partial charge in [0.1, 0.15) is 0 Å². The van der Waals surface area contributed by atoms with E-state index >= 15 is 0 Å². The van der Waals surface area contributed by atoms with E-state index in [2.05, 4.69) is 27.7 Å². The second-order valence-electron chi connectivity index (χ2n) is 7.09. The summed E-state index contributed by atoms with van der Waals surface area (Å²) in [5.41, 5.74) is 0. The second kappa shape index (κ2) is 33.8. The topological polar surface area (TPSA) is 0 Å². The van der Waals surface area contributed by atoms with E-state index in [1.165, 1.54) is 19.3 Å². The average Bonchev–Trinajstić information content (AvgIpc) is 3.63. The van der Waals surface area contributed by atoms with E-state index in [-0.39, 0.29) is 52.4 Å². The fourth-order valence-electron chi connectivity index (χ4n) is 2.27. The molecule has 0 N–H and O–H groups in total. The Morgan fingerprint density at radius 2 is 0.515 bits per heavy atom. The molecule has 2 unspecified atom stereocenters. The minimum absolute atomic E-state index is 0. The molecule has 172 valence electrons. The predicted octanol–water partition coefficient (Wildman–Crippen LogP) is 7.59. The molecule has 0 aromatic rings. The molecular formula is C31H40Zr2. The summed E-state index contributed by atoms with van der Waals surface area (Å²) in [6, 6.07) is 0. The predicted molar refractivity (Wildman–Crippen MR) is 137 cm³/mol. The van der Waals surface area contributed by atoms with E-state index in [1.54, 1.807) is 0 Å². The van der Waals surface area contributed by atoms with Crippen LogP contribution in [0.2, 0.25) is 0 Å². The van der Waals surface area contributed by atoms with Crippen LogP contribution in [0.15, 0.2) is 0 Å². The van der Waals surface area contributed by atoms with Crippen molar-refractivity contribution < 1.29 is 52.4 Å². The summed E-state index contributed by atoms with van der Waals surface area (Å²) in [5, 5.41) is 0. The maximum atomic E-state index is 3.98. The van der Waals surface area contributed by atoms with Crippen LogP contribution in [0, 0.1) is 168 Å². The van der Waals surface area contributed by atoms with E-state index in [0.29, 0.717) is 11.8 Å². The molecule has 2 heteroatoms. The van der Waals surface area contributed by atoms with E-state index in [0.717, 1.165) is 12.8 Å². The molecule has 0 heterocycles. The minimum atomic E-state index is 0. The summed E-state index contributed by atoms with van der Waals surface area (Å²) in [5.74, 6) is 1.07. The van der Waals surface area contributed by atoms with E-state index in [4.69, 9.17) is 0 Å². The van der Waals surface area contributed by atoms with Crippen molar-refractivity contribution in [1.82, 2.24) is 0 Å². The molecule has 0 saturated heterocycles. The van der Waals surface area contributed by atoms with Gasteiger partial charge in [-0.1, -0.05) is 19.3 Å².